The normalized spacial score (nSPS) is 12.0. The Morgan fingerprint density at radius 1 is 1.09 bits per heavy atom. The Bertz CT molecular complexity index is 1250. The zero-order chi connectivity index (χ0) is 23.5. The molecule has 3 aromatic rings. The summed E-state index contributed by atoms with van der Waals surface area (Å²) >= 11 is 0. The molecule has 1 heterocycles. The number of sulfone groups is 1. The van der Waals surface area contributed by atoms with Crippen LogP contribution in [-0.2, 0) is 9.84 Å². The number of benzene rings is 2. The first-order chi connectivity index (χ1) is 15.0. The summed E-state index contributed by atoms with van der Waals surface area (Å²) in [6, 6.07) is 11.4. The zero-order valence-electron chi connectivity index (χ0n) is 18.1. The number of aliphatic hydroxyl groups is 1. The maximum Gasteiger partial charge on any atom is 0.314 e. The molecule has 0 spiro atoms. The molecule has 3 rings (SSSR count). The van der Waals surface area contributed by atoms with Crippen LogP contribution in [0.4, 0.5) is 4.39 Å². The van der Waals surface area contributed by atoms with Gasteiger partial charge in [-0.3, -0.25) is 4.79 Å². The van der Waals surface area contributed by atoms with Gasteiger partial charge in [0, 0.05) is 11.8 Å². The van der Waals surface area contributed by atoms with Gasteiger partial charge in [0.05, 0.1) is 29.0 Å². The lowest BCUT2D eigenvalue weighted by molar-refractivity contribution is 0.0640. The smallest absolute Gasteiger partial charge is 0.314 e. The van der Waals surface area contributed by atoms with Crippen LogP contribution in [-0.4, -0.2) is 41.8 Å². The van der Waals surface area contributed by atoms with Gasteiger partial charge >= 0.3 is 5.56 Å². The SMILES string of the molecule is CC(C)(O)CCCOc1c(-c2ccc(S(C)(=O)=O)cc2)cnn(-c2ccc(F)cc2)c1=O. The molecule has 0 unspecified atom stereocenters. The minimum Gasteiger partial charge on any atom is -0.487 e. The highest BCUT2D eigenvalue weighted by Gasteiger charge is 2.18. The van der Waals surface area contributed by atoms with Gasteiger partial charge in [-0.1, -0.05) is 12.1 Å². The van der Waals surface area contributed by atoms with E-state index in [9.17, 15) is 22.7 Å². The average Bonchev–Trinajstić information content (AvgIpc) is 2.71. The lowest BCUT2D eigenvalue weighted by atomic mass is 10.0. The zero-order valence-corrected chi connectivity index (χ0v) is 18.9. The van der Waals surface area contributed by atoms with Crippen molar-refractivity contribution in [1.29, 1.82) is 0 Å². The molecule has 1 N–H and O–H groups in total. The fourth-order valence-corrected chi connectivity index (χ4v) is 3.74. The van der Waals surface area contributed by atoms with E-state index in [0.717, 1.165) is 10.9 Å². The minimum atomic E-state index is -3.36. The third kappa shape index (κ3) is 5.80. The summed E-state index contributed by atoms with van der Waals surface area (Å²) in [6.45, 7) is 3.56. The van der Waals surface area contributed by atoms with Crippen molar-refractivity contribution in [2.45, 2.75) is 37.2 Å². The van der Waals surface area contributed by atoms with E-state index < -0.39 is 26.8 Å². The molecule has 0 saturated heterocycles. The van der Waals surface area contributed by atoms with Crippen LogP contribution in [0.2, 0.25) is 0 Å². The molecule has 0 saturated carbocycles. The van der Waals surface area contributed by atoms with E-state index in [-0.39, 0.29) is 17.3 Å². The molecule has 0 aliphatic carbocycles. The molecule has 0 atom stereocenters. The number of nitrogens with zero attached hydrogens (tertiary/aromatic N) is 2. The van der Waals surface area contributed by atoms with E-state index >= 15 is 0 Å². The molecule has 9 heteroatoms. The van der Waals surface area contributed by atoms with Gasteiger partial charge in [0.25, 0.3) is 0 Å². The Kier molecular flexibility index (Phi) is 6.80. The second-order valence-corrected chi connectivity index (χ2v) is 10.2. The summed E-state index contributed by atoms with van der Waals surface area (Å²) in [5.41, 5.74) is -0.0658. The number of hydrogen-bond acceptors (Lipinski definition) is 6. The van der Waals surface area contributed by atoms with Gasteiger partial charge in [-0.05, 0) is 68.7 Å². The second kappa shape index (κ2) is 9.22. The Labute approximate surface area is 186 Å². The van der Waals surface area contributed by atoms with Crippen LogP contribution in [0.3, 0.4) is 0 Å². The molecule has 7 nitrogen and oxygen atoms in total. The molecule has 0 amide bonds. The Balaban J connectivity index is 2.02. The summed E-state index contributed by atoms with van der Waals surface area (Å²) in [6.07, 6.45) is 3.55. The monoisotopic (exact) mass is 460 g/mol. The molecule has 170 valence electrons. The van der Waals surface area contributed by atoms with Crippen molar-refractivity contribution in [1.82, 2.24) is 9.78 Å². The van der Waals surface area contributed by atoms with Gasteiger partial charge in [0.15, 0.2) is 15.6 Å². The molecule has 0 bridgehead atoms. The molecule has 0 aliphatic rings. The van der Waals surface area contributed by atoms with Crippen LogP contribution >= 0.6 is 0 Å². The van der Waals surface area contributed by atoms with E-state index in [4.69, 9.17) is 4.74 Å². The molecular weight excluding hydrogens is 435 g/mol. The molecule has 0 aliphatic heterocycles. The standard InChI is InChI=1S/C23H25FN2O5S/c1-23(2,28)13-4-14-31-21-20(16-5-11-19(12-6-16)32(3,29)30)15-25-26(22(21)27)18-9-7-17(24)8-10-18/h5-12,15,28H,4,13-14H2,1-3H3. The van der Waals surface area contributed by atoms with Crippen LogP contribution in [0.5, 0.6) is 5.75 Å². The highest BCUT2D eigenvalue weighted by molar-refractivity contribution is 7.90. The van der Waals surface area contributed by atoms with Gasteiger partial charge in [0.2, 0.25) is 0 Å². The molecular formula is C23H25FN2O5S. The van der Waals surface area contributed by atoms with Crippen molar-refractivity contribution in [3.05, 3.63) is 70.9 Å². The Morgan fingerprint density at radius 2 is 1.72 bits per heavy atom. The third-order valence-electron chi connectivity index (χ3n) is 4.78. The van der Waals surface area contributed by atoms with E-state index in [1.165, 1.54) is 42.6 Å². The summed E-state index contributed by atoms with van der Waals surface area (Å²) in [5.74, 6) is -0.403. The Hall–Kier alpha value is -3.04. The predicted molar refractivity (Wildman–Crippen MR) is 119 cm³/mol. The highest BCUT2D eigenvalue weighted by atomic mass is 32.2. The van der Waals surface area contributed by atoms with Crippen molar-refractivity contribution >= 4 is 9.84 Å². The topological polar surface area (TPSA) is 98.5 Å². The van der Waals surface area contributed by atoms with Crippen molar-refractivity contribution in [2.75, 3.05) is 12.9 Å². The van der Waals surface area contributed by atoms with Crippen LogP contribution in [0.25, 0.3) is 16.8 Å². The van der Waals surface area contributed by atoms with Crippen LogP contribution in [0.1, 0.15) is 26.7 Å². The van der Waals surface area contributed by atoms with Crippen molar-refractivity contribution in [3.63, 3.8) is 0 Å². The Morgan fingerprint density at radius 3 is 2.28 bits per heavy atom. The first-order valence-electron chi connectivity index (χ1n) is 10.00. The number of ether oxygens (including phenoxy) is 1. The first kappa shape index (κ1) is 23.6. The third-order valence-corrected chi connectivity index (χ3v) is 5.91. The first-order valence-corrected chi connectivity index (χ1v) is 11.9. The maximum atomic E-state index is 13.3. The average molecular weight is 461 g/mol. The van der Waals surface area contributed by atoms with Crippen molar-refractivity contribution < 1.29 is 22.7 Å². The van der Waals surface area contributed by atoms with Gasteiger partial charge in [0.1, 0.15) is 5.82 Å². The minimum absolute atomic E-state index is 0.0344. The summed E-state index contributed by atoms with van der Waals surface area (Å²) in [4.78, 5) is 13.4. The molecule has 32 heavy (non-hydrogen) atoms. The quantitative estimate of drug-likeness (QED) is 0.518. The summed E-state index contributed by atoms with van der Waals surface area (Å²) in [5, 5.41) is 14.1. The van der Waals surface area contributed by atoms with Crippen molar-refractivity contribution in [3.8, 4) is 22.6 Å². The lowest BCUT2D eigenvalue weighted by Gasteiger charge is -2.17. The predicted octanol–water partition coefficient (Wildman–Crippen LogP) is 3.37. The van der Waals surface area contributed by atoms with Crippen molar-refractivity contribution in [2.24, 2.45) is 0 Å². The fraction of sp³-hybridized carbons (Fsp3) is 0.304. The number of aromatic nitrogens is 2. The molecule has 0 radical (unpaired) electrons. The molecule has 2 aromatic carbocycles. The molecule has 1 aromatic heterocycles. The van der Waals surface area contributed by atoms with Gasteiger partial charge < -0.3 is 9.84 Å². The van der Waals surface area contributed by atoms with Gasteiger partial charge in [-0.2, -0.15) is 9.78 Å². The van der Waals surface area contributed by atoms with E-state index in [0.29, 0.717) is 29.7 Å². The summed E-state index contributed by atoms with van der Waals surface area (Å²) < 4.78 is 43.7. The number of rotatable bonds is 8. The van der Waals surface area contributed by atoms with Gasteiger partial charge in [-0.15, -0.1) is 0 Å². The van der Waals surface area contributed by atoms with Gasteiger partial charge in [-0.25, -0.2) is 12.8 Å². The second-order valence-electron chi connectivity index (χ2n) is 8.14. The van der Waals surface area contributed by atoms with Crippen LogP contribution in [0.15, 0.2) is 64.4 Å². The molecule has 0 fully saturated rings. The highest BCUT2D eigenvalue weighted by Crippen LogP contribution is 2.28. The van der Waals surface area contributed by atoms with E-state index in [1.807, 2.05) is 0 Å². The van der Waals surface area contributed by atoms with Crippen LogP contribution < -0.4 is 10.3 Å². The van der Waals surface area contributed by atoms with E-state index in [2.05, 4.69) is 5.10 Å². The number of halogens is 1. The lowest BCUT2D eigenvalue weighted by Crippen LogP contribution is -2.25. The maximum absolute atomic E-state index is 13.3. The summed E-state index contributed by atoms with van der Waals surface area (Å²) in [7, 11) is -3.36. The van der Waals surface area contributed by atoms with E-state index in [1.54, 1.807) is 26.0 Å². The largest absolute Gasteiger partial charge is 0.487 e. The number of hydrogen-bond donors (Lipinski definition) is 1. The van der Waals surface area contributed by atoms with Crippen LogP contribution in [0, 0.1) is 5.82 Å². The fourth-order valence-electron chi connectivity index (χ4n) is 3.11.